The van der Waals surface area contributed by atoms with E-state index in [9.17, 15) is 0 Å². The normalized spacial score (nSPS) is 10.4. The van der Waals surface area contributed by atoms with Crippen molar-refractivity contribution in [3.8, 4) is 0 Å². The zero-order chi connectivity index (χ0) is 12.6. The number of nitrogens with one attached hydrogen (secondary N) is 1. The van der Waals surface area contributed by atoms with Gasteiger partial charge in [-0.15, -0.1) is 0 Å². The summed E-state index contributed by atoms with van der Waals surface area (Å²) in [4.78, 5) is 3.41. The fraction of sp³-hybridized carbons (Fsp3) is 0.471. The molecule has 0 aliphatic rings. The molecule has 2 rings (SSSR count). The van der Waals surface area contributed by atoms with Crippen molar-refractivity contribution in [1.29, 1.82) is 0 Å². The molecule has 2 heteroatoms. The first-order chi connectivity index (χ1) is 8.92. The van der Waals surface area contributed by atoms with Gasteiger partial charge in [0, 0.05) is 17.9 Å². The number of fused-ring (bicyclic) bond motifs is 1. The first kappa shape index (κ1) is 16.4. The van der Waals surface area contributed by atoms with Crippen LogP contribution in [0.5, 0.6) is 0 Å². The van der Waals surface area contributed by atoms with Gasteiger partial charge in [0.25, 0.3) is 0 Å². The second-order valence-electron chi connectivity index (χ2n) is 5.06. The summed E-state index contributed by atoms with van der Waals surface area (Å²) in [5.74, 6) is 0. The maximum atomic E-state index is 3.41. The van der Waals surface area contributed by atoms with Gasteiger partial charge in [-0.3, -0.25) is 0 Å². The molecule has 1 aromatic carbocycles. The third kappa shape index (κ3) is 5.09. The molecule has 0 spiro atoms. The summed E-state index contributed by atoms with van der Waals surface area (Å²) in [6.45, 7) is 2.27. The number of pyridine rings is 1. The van der Waals surface area contributed by atoms with Crippen LogP contribution in [0.2, 0.25) is 0 Å². The molecule has 0 fully saturated rings. The van der Waals surface area contributed by atoms with Crippen LogP contribution in [0, 0.1) is 0 Å². The largest absolute Gasteiger partial charge is 1.00 e. The number of aryl methyl sites for hydroxylation is 1. The van der Waals surface area contributed by atoms with E-state index in [0.717, 1.165) is 0 Å². The fourth-order valence-electron chi connectivity index (χ4n) is 2.52. The zero-order valence-corrected chi connectivity index (χ0v) is 13.9. The number of aromatic nitrogens is 1. The van der Waals surface area contributed by atoms with Gasteiger partial charge in [-0.1, -0.05) is 57.2 Å². The molecule has 0 saturated carbocycles. The van der Waals surface area contributed by atoms with Crippen molar-refractivity contribution in [3.63, 3.8) is 0 Å². The van der Waals surface area contributed by atoms with Crippen molar-refractivity contribution in [1.82, 2.24) is 0 Å². The van der Waals surface area contributed by atoms with Crippen molar-refractivity contribution < 1.29 is 29.0 Å². The lowest BCUT2D eigenvalue weighted by Crippen LogP contribution is -3.00. The first-order valence-corrected chi connectivity index (χ1v) is 7.30. The van der Waals surface area contributed by atoms with Gasteiger partial charge in [0.05, 0.1) is 0 Å². The van der Waals surface area contributed by atoms with Crippen LogP contribution in [-0.4, -0.2) is 0 Å². The zero-order valence-electron chi connectivity index (χ0n) is 11.8. The summed E-state index contributed by atoms with van der Waals surface area (Å²) in [6.07, 6.45) is 11.4. The molecule has 2 aromatic rings. The summed E-state index contributed by atoms with van der Waals surface area (Å²) < 4.78 is 0. The second kappa shape index (κ2) is 9.29. The van der Waals surface area contributed by atoms with Crippen molar-refractivity contribution >= 4 is 10.8 Å². The highest BCUT2D eigenvalue weighted by Crippen LogP contribution is 2.16. The van der Waals surface area contributed by atoms with Gasteiger partial charge in [0.2, 0.25) is 0 Å². The Morgan fingerprint density at radius 2 is 1.63 bits per heavy atom. The van der Waals surface area contributed by atoms with Crippen molar-refractivity contribution in [2.75, 3.05) is 0 Å². The molecule has 0 bridgehead atoms. The average Bonchev–Trinajstić information content (AvgIpc) is 2.43. The Bertz CT molecular complexity index is 476. The molecular weight excluding hydrogens is 345 g/mol. The van der Waals surface area contributed by atoms with E-state index in [-0.39, 0.29) is 24.0 Å². The summed E-state index contributed by atoms with van der Waals surface area (Å²) >= 11 is 0. The lowest BCUT2D eigenvalue weighted by atomic mass is 10.0. The second-order valence-corrected chi connectivity index (χ2v) is 5.06. The molecule has 0 unspecified atom stereocenters. The van der Waals surface area contributed by atoms with Gasteiger partial charge in [0.15, 0.2) is 11.9 Å². The third-order valence-electron chi connectivity index (χ3n) is 3.59. The quantitative estimate of drug-likeness (QED) is 0.520. The maximum absolute atomic E-state index is 3.41. The number of H-pyrrole nitrogens is 1. The lowest BCUT2D eigenvalue weighted by Gasteiger charge is -2.01. The van der Waals surface area contributed by atoms with E-state index in [1.54, 1.807) is 0 Å². The molecule has 19 heavy (non-hydrogen) atoms. The van der Waals surface area contributed by atoms with E-state index < -0.39 is 0 Å². The number of rotatable bonds is 7. The third-order valence-corrected chi connectivity index (χ3v) is 3.59. The predicted molar refractivity (Wildman–Crippen MR) is 77.6 cm³/mol. The Morgan fingerprint density at radius 3 is 2.47 bits per heavy atom. The molecule has 0 radical (unpaired) electrons. The number of hydrogen-bond acceptors (Lipinski definition) is 0. The summed E-state index contributed by atoms with van der Waals surface area (Å²) in [5.41, 5.74) is 1.39. The Balaban J connectivity index is 0.00000180. The molecule has 1 nitrogen and oxygen atoms in total. The number of unbranched alkanes of at least 4 members (excludes halogenated alkanes) is 5. The van der Waals surface area contributed by atoms with E-state index >= 15 is 0 Å². The molecular formula is C17H24IN. The van der Waals surface area contributed by atoms with E-state index in [4.69, 9.17) is 0 Å². The summed E-state index contributed by atoms with van der Waals surface area (Å²) in [6, 6.07) is 10.8. The van der Waals surface area contributed by atoms with Gasteiger partial charge < -0.3 is 24.0 Å². The van der Waals surface area contributed by atoms with Crippen LogP contribution in [0.3, 0.4) is 0 Å². The van der Waals surface area contributed by atoms with Gasteiger partial charge in [-0.2, -0.15) is 0 Å². The molecule has 0 atom stereocenters. The van der Waals surface area contributed by atoms with Gasteiger partial charge in [-0.05, 0) is 17.9 Å². The molecule has 0 aliphatic heterocycles. The number of hydrogen-bond donors (Lipinski definition) is 0. The Morgan fingerprint density at radius 1 is 0.895 bits per heavy atom. The number of aromatic amines is 1. The van der Waals surface area contributed by atoms with Crippen LogP contribution in [-0.2, 0) is 6.42 Å². The maximum Gasteiger partial charge on any atom is 0.187 e. The predicted octanol–water partition coefficient (Wildman–Crippen LogP) is 1.56. The molecule has 0 saturated heterocycles. The van der Waals surface area contributed by atoms with Crippen LogP contribution in [0.1, 0.15) is 51.1 Å². The van der Waals surface area contributed by atoms with Crippen LogP contribution in [0.15, 0.2) is 36.5 Å². The Labute approximate surface area is 133 Å². The number of benzene rings is 1. The highest BCUT2D eigenvalue weighted by atomic mass is 127. The minimum absolute atomic E-state index is 0. The van der Waals surface area contributed by atoms with Crippen molar-refractivity contribution in [3.05, 3.63) is 42.2 Å². The monoisotopic (exact) mass is 369 g/mol. The lowest BCUT2D eigenvalue weighted by molar-refractivity contribution is -0.388. The number of halogens is 1. The molecule has 1 heterocycles. The van der Waals surface area contributed by atoms with Crippen LogP contribution < -0.4 is 29.0 Å². The van der Waals surface area contributed by atoms with Crippen molar-refractivity contribution in [2.45, 2.75) is 51.9 Å². The highest BCUT2D eigenvalue weighted by molar-refractivity contribution is 5.83. The molecule has 104 valence electrons. The SMILES string of the molecule is CCCCCCCCc1[nH+]ccc2ccccc12.[I-]. The molecule has 1 N–H and O–H groups in total. The van der Waals surface area contributed by atoms with E-state index in [1.807, 2.05) is 0 Å². The standard InChI is InChI=1S/C17H23N.HI/c1-2-3-4-5-6-7-12-17-16-11-9-8-10-15(16)13-14-18-17;/h8-11,13-14H,2-7,12H2,1H3;1H. The summed E-state index contributed by atoms with van der Waals surface area (Å²) in [5, 5.41) is 2.73. The smallest absolute Gasteiger partial charge is 0.187 e. The Kier molecular flexibility index (Phi) is 8.03. The summed E-state index contributed by atoms with van der Waals surface area (Å²) in [7, 11) is 0. The highest BCUT2D eigenvalue weighted by Gasteiger charge is 2.06. The minimum atomic E-state index is 0. The van der Waals surface area contributed by atoms with Gasteiger partial charge in [-0.25, -0.2) is 4.98 Å². The first-order valence-electron chi connectivity index (χ1n) is 7.30. The Hall–Kier alpha value is -0.640. The van der Waals surface area contributed by atoms with E-state index in [0.29, 0.717) is 0 Å². The van der Waals surface area contributed by atoms with Crippen LogP contribution in [0.25, 0.3) is 10.8 Å². The van der Waals surface area contributed by atoms with Crippen LogP contribution in [0.4, 0.5) is 0 Å². The molecule has 1 aromatic heterocycles. The van der Waals surface area contributed by atoms with E-state index in [2.05, 4.69) is 48.4 Å². The fourth-order valence-corrected chi connectivity index (χ4v) is 2.52. The molecule has 0 amide bonds. The van der Waals surface area contributed by atoms with Gasteiger partial charge in [0.1, 0.15) is 0 Å². The van der Waals surface area contributed by atoms with Crippen molar-refractivity contribution in [2.24, 2.45) is 0 Å². The minimum Gasteiger partial charge on any atom is -1.00 e. The van der Waals surface area contributed by atoms with E-state index in [1.165, 1.54) is 61.4 Å². The average molecular weight is 369 g/mol. The topological polar surface area (TPSA) is 14.1 Å². The van der Waals surface area contributed by atoms with Crippen LogP contribution >= 0.6 is 0 Å². The molecule has 0 aliphatic carbocycles. The van der Waals surface area contributed by atoms with Gasteiger partial charge >= 0.3 is 0 Å².